The quantitative estimate of drug-likeness (QED) is 0.522. The molecule has 1 aromatic heterocycles. The van der Waals surface area contributed by atoms with Crippen LogP contribution in [0.1, 0.15) is 51.2 Å². The Morgan fingerprint density at radius 3 is 2.48 bits per heavy atom. The Bertz CT molecular complexity index is 1240. The van der Waals surface area contributed by atoms with Gasteiger partial charge in [-0.1, -0.05) is 69.3 Å². The Labute approximate surface area is 165 Å². The molecule has 128 valence electrons. The number of nitrogens with zero attached hydrogens (tertiary/aromatic N) is 1. The maximum Gasteiger partial charge on any atom is 0.0708 e. The number of hydrogen-bond donors (Lipinski definition) is 0. The van der Waals surface area contributed by atoms with Crippen molar-refractivity contribution >= 4 is 0 Å². The minimum atomic E-state index is -2.80. The van der Waals surface area contributed by atoms with Crippen molar-refractivity contribution < 1.29 is 13.7 Å². The normalized spacial score (nSPS) is 19.0. The Kier molecular flexibility index (Phi) is 2.41. The van der Waals surface area contributed by atoms with Gasteiger partial charge in [0, 0.05) is 22.7 Å². The minimum absolute atomic E-state index is 0.00387. The molecule has 1 nitrogen and oxygen atoms in total. The lowest BCUT2D eigenvalue weighted by Crippen LogP contribution is -2.09. The van der Waals surface area contributed by atoms with E-state index in [0.717, 1.165) is 6.20 Å². The van der Waals surface area contributed by atoms with Crippen molar-refractivity contribution in [3.05, 3.63) is 77.4 Å². The van der Waals surface area contributed by atoms with Crippen LogP contribution in [0.2, 0.25) is 0 Å². The van der Waals surface area contributed by atoms with Gasteiger partial charge < -0.3 is 0 Å². The van der Waals surface area contributed by atoms with Crippen LogP contribution in [0.5, 0.6) is 0 Å². The molecule has 1 heteroatoms. The van der Waals surface area contributed by atoms with Gasteiger partial charge in [0.1, 0.15) is 0 Å². The van der Waals surface area contributed by atoms with E-state index < -0.39 is 25.5 Å². The highest BCUT2D eigenvalue weighted by Gasteiger charge is 2.13. The van der Waals surface area contributed by atoms with Crippen molar-refractivity contribution in [2.24, 2.45) is 5.41 Å². The Balaban J connectivity index is 2.48. The maximum absolute atomic E-state index is 8.86. The largest absolute Gasteiger partial charge is 0.256 e. The fourth-order valence-electron chi connectivity index (χ4n) is 2.56. The van der Waals surface area contributed by atoms with Gasteiger partial charge in [-0.05, 0) is 59.4 Å². The average Bonchev–Trinajstić information content (AvgIpc) is 2.71. The van der Waals surface area contributed by atoms with Crippen molar-refractivity contribution in [2.75, 3.05) is 0 Å². The summed E-state index contributed by atoms with van der Waals surface area (Å²) < 4.78 is 83.2. The zero-order valence-corrected chi connectivity index (χ0v) is 14.6. The molecule has 0 radical (unpaired) electrons. The van der Waals surface area contributed by atoms with Crippen molar-refractivity contribution in [3.63, 3.8) is 0 Å². The molecule has 0 aliphatic rings. The molecular formula is C24H27N. The fourth-order valence-corrected chi connectivity index (χ4v) is 2.56. The summed E-state index contributed by atoms with van der Waals surface area (Å²) in [4.78, 5) is 4.20. The standard InChI is InChI=1S/C24H27N/c1-17-13-19(15-24(3,4)5)11-12-21(17)22-14-23(25-16-18(22)2)20-9-7-6-8-10-20/h6-14,16H,15H2,1-5H3/i1D3,2D3,12D,14D,15D2. The zero-order chi connectivity index (χ0) is 26.6. The molecular weight excluding hydrogens is 302 g/mol. The third kappa shape index (κ3) is 4.17. The van der Waals surface area contributed by atoms with E-state index in [2.05, 4.69) is 4.98 Å². The van der Waals surface area contributed by atoms with Gasteiger partial charge in [0.05, 0.1) is 8.44 Å². The number of benzene rings is 2. The molecule has 0 aliphatic carbocycles. The summed E-state index contributed by atoms with van der Waals surface area (Å²) >= 11 is 0. The molecule has 0 aliphatic heterocycles. The van der Waals surface area contributed by atoms with Crippen LogP contribution in [0.4, 0.5) is 0 Å². The van der Waals surface area contributed by atoms with Crippen molar-refractivity contribution in [3.8, 4) is 22.4 Å². The second-order valence-corrected chi connectivity index (χ2v) is 6.94. The van der Waals surface area contributed by atoms with Gasteiger partial charge in [-0.25, -0.2) is 0 Å². The van der Waals surface area contributed by atoms with Crippen molar-refractivity contribution in [1.82, 2.24) is 4.98 Å². The second kappa shape index (κ2) is 6.84. The van der Waals surface area contributed by atoms with E-state index in [-0.39, 0.29) is 45.6 Å². The van der Waals surface area contributed by atoms with E-state index in [1.165, 1.54) is 12.1 Å². The smallest absolute Gasteiger partial charge is 0.0708 e. The van der Waals surface area contributed by atoms with E-state index in [9.17, 15) is 0 Å². The van der Waals surface area contributed by atoms with Crippen LogP contribution in [-0.4, -0.2) is 4.98 Å². The predicted molar refractivity (Wildman–Crippen MR) is 108 cm³/mol. The molecule has 0 N–H and O–H groups in total. The van der Waals surface area contributed by atoms with Gasteiger partial charge in [0.2, 0.25) is 0 Å². The highest BCUT2D eigenvalue weighted by atomic mass is 14.7. The van der Waals surface area contributed by atoms with Crippen LogP contribution in [0.3, 0.4) is 0 Å². The molecule has 0 unspecified atom stereocenters. The van der Waals surface area contributed by atoms with Crippen LogP contribution < -0.4 is 0 Å². The topological polar surface area (TPSA) is 12.9 Å². The second-order valence-electron chi connectivity index (χ2n) is 6.94. The Hall–Kier alpha value is -2.41. The molecule has 3 rings (SSSR count). The van der Waals surface area contributed by atoms with Crippen LogP contribution in [0.15, 0.2) is 60.7 Å². The lowest BCUT2D eigenvalue weighted by molar-refractivity contribution is 0.411. The first-order valence-corrected chi connectivity index (χ1v) is 8.09. The van der Waals surface area contributed by atoms with Gasteiger partial charge in [-0.15, -0.1) is 0 Å². The summed E-state index contributed by atoms with van der Waals surface area (Å²) in [5, 5.41) is 0. The summed E-state index contributed by atoms with van der Waals surface area (Å²) in [5.74, 6) is 0. The molecule has 2 aromatic carbocycles. The monoisotopic (exact) mass is 339 g/mol. The molecule has 1 heterocycles. The van der Waals surface area contributed by atoms with Crippen LogP contribution in [-0.2, 0) is 6.37 Å². The molecule has 0 atom stereocenters. The summed E-state index contributed by atoms with van der Waals surface area (Å²) in [7, 11) is 0. The molecule has 3 aromatic rings. The third-order valence-corrected chi connectivity index (χ3v) is 3.59. The van der Waals surface area contributed by atoms with Gasteiger partial charge in [-0.3, -0.25) is 4.98 Å². The van der Waals surface area contributed by atoms with E-state index >= 15 is 0 Å². The minimum Gasteiger partial charge on any atom is -0.256 e. The van der Waals surface area contributed by atoms with Crippen molar-refractivity contribution in [1.29, 1.82) is 0 Å². The highest BCUT2D eigenvalue weighted by molar-refractivity contribution is 5.75. The van der Waals surface area contributed by atoms with Crippen molar-refractivity contribution in [2.45, 2.75) is 40.8 Å². The molecule has 0 amide bonds. The van der Waals surface area contributed by atoms with E-state index in [4.69, 9.17) is 13.7 Å². The lowest BCUT2D eigenvalue weighted by atomic mass is 9.86. The average molecular weight is 340 g/mol. The maximum atomic E-state index is 8.86. The first kappa shape index (κ1) is 8.80. The fraction of sp³-hybridized carbons (Fsp3) is 0.292. The number of aromatic nitrogens is 1. The number of aryl methyl sites for hydroxylation is 2. The van der Waals surface area contributed by atoms with Crippen LogP contribution >= 0.6 is 0 Å². The highest BCUT2D eigenvalue weighted by Crippen LogP contribution is 2.31. The summed E-state index contributed by atoms with van der Waals surface area (Å²) in [6.45, 7) is -0.524. The SMILES string of the molecule is [2H]c1cc(C([2H])([2H])C(C)(C)C)cc(C([2H])([2H])[2H])c1-c1c(C([2H])([2H])[2H])cnc(-c2ccccc2)c1[2H]. The number of hydrogen-bond acceptors (Lipinski definition) is 1. The molecule has 0 bridgehead atoms. The first-order chi connectivity index (χ1) is 15.9. The molecule has 25 heavy (non-hydrogen) atoms. The van der Waals surface area contributed by atoms with E-state index in [1.807, 2.05) is 0 Å². The molecule has 0 fully saturated rings. The lowest BCUT2D eigenvalue weighted by Gasteiger charge is -2.19. The van der Waals surface area contributed by atoms with Gasteiger partial charge in [-0.2, -0.15) is 0 Å². The summed E-state index contributed by atoms with van der Waals surface area (Å²) in [6, 6.07) is 10.4. The molecule has 0 saturated heterocycles. The predicted octanol–water partition coefficient (Wildman–Crippen LogP) is 6.62. The summed E-state index contributed by atoms with van der Waals surface area (Å²) in [6.07, 6.45) is -0.876. The van der Waals surface area contributed by atoms with Gasteiger partial charge >= 0.3 is 0 Å². The van der Waals surface area contributed by atoms with Gasteiger partial charge in [0.25, 0.3) is 0 Å². The third-order valence-electron chi connectivity index (χ3n) is 3.59. The van der Waals surface area contributed by atoms with Gasteiger partial charge in [0.15, 0.2) is 0 Å². The first-order valence-electron chi connectivity index (χ1n) is 13.1. The van der Waals surface area contributed by atoms with Crippen LogP contribution in [0, 0.1) is 19.1 Å². The Morgan fingerprint density at radius 2 is 1.80 bits per heavy atom. The van der Waals surface area contributed by atoms with Crippen LogP contribution in [0.25, 0.3) is 22.4 Å². The van der Waals surface area contributed by atoms with E-state index in [0.29, 0.717) is 5.56 Å². The Morgan fingerprint density at radius 1 is 1.04 bits per heavy atom. The zero-order valence-electron chi connectivity index (χ0n) is 24.6. The molecule has 0 saturated carbocycles. The van der Waals surface area contributed by atoms with E-state index in [1.54, 1.807) is 51.1 Å². The number of pyridine rings is 1. The molecule has 0 spiro atoms. The summed E-state index contributed by atoms with van der Waals surface area (Å²) in [5.41, 5.74) is -1.37. The number of rotatable bonds is 3.